The van der Waals surface area contributed by atoms with Crippen LogP contribution in [0.5, 0.6) is 0 Å². The van der Waals surface area contributed by atoms with E-state index in [1.807, 2.05) is 31.2 Å². The molecule has 1 heterocycles. The molecule has 1 fully saturated rings. The number of nitrogens with two attached hydrogens (primary N) is 1. The number of para-hydroxylation sites is 1. The second-order valence-corrected chi connectivity index (χ2v) is 10.1. The van der Waals surface area contributed by atoms with E-state index in [9.17, 15) is 13.2 Å². The van der Waals surface area contributed by atoms with Gasteiger partial charge in [0.1, 0.15) is 0 Å². The molecule has 12 heteroatoms. The molecule has 0 unspecified atom stereocenters. The van der Waals surface area contributed by atoms with Crippen molar-refractivity contribution < 1.29 is 17.9 Å². The fraction of sp³-hybridized carbons (Fsp3) is 0.238. The van der Waals surface area contributed by atoms with Crippen LogP contribution >= 0.6 is 15.9 Å². The Morgan fingerprint density at radius 3 is 2.67 bits per heavy atom. The number of hydrogen-bond donors (Lipinski definition) is 3. The Kier molecular flexibility index (Phi) is 6.58. The predicted molar refractivity (Wildman–Crippen MR) is 125 cm³/mol. The van der Waals surface area contributed by atoms with Crippen molar-refractivity contribution in [3.05, 3.63) is 63.9 Å². The average Bonchev–Trinajstić information content (AvgIpc) is 3.57. The number of carbonyl (C=O) groups is 1. The normalized spacial score (nSPS) is 13.5. The molecule has 4 N–H and O–H groups in total. The summed E-state index contributed by atoms with van der Waals surface area (Å²) < 4.78 is 33.2. The van der Waals surface area contributed by atoms with Crippen molar-refractivity contribution in [2.75, 3.05) is 11.1 Å². The zero-order chi connectivity index (χ0) is 23.6. The van der Waals surface area contributed by atoms with Gasteiger partial charge in [-0.05, 0) is 65.5 Å². The number of hydrogen-bond acceptors (Lipinski definition) is 9. The van der Waals surface area contributed by atoms with Gasteiger partial charge in [0.25, 0.3) is 0 Å². The summed E-state index contributed by atoms with van der Waals surface area (Å²) in [5.74, 6) is -0.421. The molecule has 4 rings (SSSR count). The molecule has 2 aromatic carbocycles. The van der Waals surface area contributed by atoms with Gasteiger partial charge in [-0.2, -0.15) is 15.0 Å². The van der Waals surface area contributed by atoms with Crippen LogP contribution in [0.25, 0.3) is 0 Å². The van der Waals surface area contributed by atoms with Gasteiger partial charge in [0.05, 0.1) is 10.5 Å². The first kappa shape index (κ1) is 23.1. The van der Waals surface area contributed by atoms with E-state index in [0.29, 0.717) is 4.47 Å². The molecule has 1 saturated carbocycles. The van der Waals surface area contributed by atoms with E-state index >= 15 is 0 Å². The van der Waals surface area contributed by atoms with Gasteiger partial charge < -0.3 is 15.8 Å². The van der Waals surface area contributed by atoms with E-state index in [2.05, 4.69) is 40.9 Å². The summed E-state index contributed by atoms with van der Waals surface area (Å²) in [6.07, 6.45) is 1.61. The first-order valence-corrected chi connectivity index (χ1v) is 12.3. The lowest BCUT2D eigenvalue weighted by atomic mass is 10.2. The minimum atomic E-state index is -3.72. The van der Waals surface area contributed by atoms with E-state index in [1.165, 1.54) is 18.2 Å². The number of esters is 1. The predicted octanol–water partition coefficient (Wildman–Crippen LogP) is 3.07. The van der Waals surface area contributed by atoms with Crippen LogP contribution in [0.1, 0.15) is 34.6 Å². The molecule has 0 atom stereocenters. The van der Waals surface area contributed by atoms with Crippen molar-refractivity contribution in [2.45, 2.75) is 37.3 Å². The summed E-state index contributed by atoms with van der Waals surface area (Å²) >= 11 is 3.27. The molecule has 0 radical (unpaired) electrons. The van der Waals surface area contributed by atoms with Gasteiger partial charge in [0.2, 0.25) is 21.9 Å². The molecule has 0 bridgehead atoms. The summed E-state index contributed by atoms with van der Waals surface area (Å²) in [5.41, 5.74) is 7.63. The van der Waals surface area contributed by atoms with Gasteiger partial charge >= 0.3 is 5.97 Å². The Morgan fingerprint density at radius 1 is 1.18 bits per heavy atom. The number of halogens is 1. The quantitative estimate of drug-likeness (QED) is 0.372. The topological polar surface area (TPSA) is 149 Å². The van der Waals surface area contributed by atoms with Gasteiger partial charge in [0, 0.05) is 16.2 Å². The second-order valence-electron chi connectivity index (χ2n) is 7.49. The Hall–Kier alpha value is -3.09. The lowest BCUT2D eigenvalue weighted by molar-refractivity contribution is 0.0461. The number of anilines is 3. The van der Waals surface area contributed by atoms with Crippen molar-refractivity contribution in [2.24, 2.45) is 0 Å². The highest BCUT2D eigenvalue weighted by Gasteiger charge is 2.29. The summed E-state index contributed by atoms with van der Waals surface area (Å²) in [5, 5.41) is 3.06. The summed E-state index contributed by atoms with van der Waals surface area (Å²) in [7, 11) is -3.72. The molecule has 0 aliphatic heterocycles. The third-order valence-electron chi connectivity index (χ3n) is 4.79. The van der Waals surface area contributed by atoms with Crippen LogP contribution in [-0.2, 0) is 21.4 Å². The molecule has 0 amide bonds. The highest BCUT2D eigenvalue weighted by Crippen LogP contribution is 2.26. The molecule has 1 aliphatic carbocycles. The Balaban J connectivity index is 1.48. The number of benzene rings is 2. The molecular weight excluding hydrogens is 512 g/mol. The van der Waals surface area contributed by atoms with Gasteiger partial charge in [-0.15, -0.1) is 0 Å². The van der Waals surface area contributed by atoms with Gasteiger partial charge in [-0.25, -0.2) is 17.9 Å². The van der Waals surface area contributed by atoms with Crippen molar-refractivity contribution >= 4 is 49.5 Å². The number of aromatic nitrogens is 3. The number of carbonyl (C=O) groups excluding carboxylic acids is 1. The maximum Gasteiger partial charge on any atom is 0.339 e. The molecule has 3 aromatic rings. The number of aryl methyl sites for hydroxylation is 1. The van der Waals surface area contributed by atoms with Crippen LogP contribution in [0, 0.1) is 6.92 Å². The third kappa shape index (κ3) is 5.83. The third-order valence-corrected chi connectivity index (χ3v) is 7.00. The largest absolute Gasteiger partial charge is 0.454 e. The van der Waals surface area contributed by atoms with Gasteiger partial charge in [-0.3, -0.25) is 0 Å². The van der Waals surface area contributed by atoms with E-state index in [0.717, 1.165) is 24.1 Å². The molecular formula is C21H21BrN6O4S. The summed E-state index contributed by atoms with van der Waals surface area (Å²) in [4.78, 5) is 25.0. The number of rotatable bonds is 8. The number of ether oxygens (including phenoxy) is 1. The summed E-state index contributed by atoms with van der Waals surface area (Å²) in [6.45, 7) is 1.65. The van der Waals surface area contributed by atoms with Crippen LogP contribution in [0.15, 0.2) is 51.8 Å². The highest BCUT2D eigenvalue weighted by molar-refractivity contribution is 9.10. The standard InChI is InChI=1S/C21H21BrN6O4S/c1-12-4-2-3-5-17(12)24-21-26-18(25-20(23)27-21)11-32-19(29)15-10-14(8-9-16(15)22)33(30,31)28-13-6-7-13/h2-5,8-10,13,28H,6-7,11H2,1H3,(H3,23,24,25,26,27). The van der Waals surface area contributed by atoms with E-state index < -0.39 is 16.0 Å². The number of nitrogens with zero attached hydrogens (tertiary/aromatic N) is 3. The zero-order valence-electron chi connectivity index (χ0n) is 17.6. The molecule has 0 spiro atoms. The zero-order valence-corrected chi connectivity index (χ0v) is 20.0. The molecule has 172 valence electrons. The second kappa shape index (κ2) is 9.41. The SMILES string of the molecule is Cc1ccccc1Nc1nc(N)nc(COC(=O)c2cc(S(=O)(=O)NC3CC3)ccc2Br)n1. The fourth-order valence-electron chi connectivity index (χ4n) is 2.92. The van der Waals surface area contributed by atoms with Crippen molar-refractivity contribution in [1.29, 1.82) is 0 Å². The van der Waals surface area contributed by atoms with Crippen LogP contribution < -0.4 is 15.8 Å². The average molecular weight is 533 g/mol. The van der Waals surface area contributed by atoms with Crippen molar-refractivity contribution in [1.82, 2.24) is 19.7 Å². The minimum absolute atomic E-state index is 0.0151. The van der Waals surface area contributed by atoms with Crippen LogP contribution in [0.4, 0.5) is 17.6 Å². The lowest BCUT2D eigenvalue weighted by Gasteiger charge is -2.11. The minimum Gasteiger partial charge on any atom is -0.454 e. The maximum absolute atomic E-state index is 12.7. The van der Waals surface area contributed by atoms with Crippen molar-refractivity contribution in [3.63, 3.8) is 0 Å². The van der Waals surface area contributed by atoms with E-state index in [4.69, 9.17) is 10.5 Å². The van der Waals surface area contributed by atoms with Gasteiger partial charge in [0.15, 0.2) is 12.4 Å². The number of nitrogen functional groups attached to an aromatic ring is 1. The Morgan fingerprint density at radius 2 is 1.94 bits per heavy atom. The number of nitrogens with one attached hydrogen (secondary N) is 2. The van der Waals surface area contributed by atoms with Crippen molar-refractivity contribution in [3.8, 4) is 0 Å². The molecule has 0 saturated heterocycles. The Bertz CT molecular complexity index is 1310. The van der Waals surface area contributed by atoms with E-state index in [1.54, 1.807) is 0 Å². The van der Waals surface area contributed by atoms with E-state index in [-0.39, 0.29) is 40.8 Å². The Labute approximate surface area is 199 Å². The van der Waals surface area contributed by atoms with Gasteiger partial charge in [-0.1, -0.05) is 18.2 Å². The summed E-state index contributed by atoms with van der Waals surface area (Å²) in [6, 6.07) is 11.7. The fourth-order valence-corrected chi connectivity index (χ4v) is 4.66. The van der Waals surface area contributed by atoms with Crippen LogP contribution in [0.3, 0.4) is 0 Å². The number of sulfonamides is 1. The van der Waals surface area contributed by atoms with Crippen LogP contribution in [-0.4, -0.2) is 35.4 Å². The van der Waals surface area contributed by atoms with Crippen LogP contribution in [0.2, 0.25) is 0 Å². The molecule has 10 nitrogen and oxygen atoms in total. The smallest absolute Gasteiger partial charge is 0.339 e. The molecule has 1 aromatic heterocycles. The maximum atomic E-state index is 12.7. The lowest BCUT2D eigenvalue weighted by Crippen LogP contribution is -2.26. The molecule has 33 heavy (non-hydrogen) atoms. The first-order chi connectivity index (χ1) is 15.7. The highest BCUT2D eigenvalue weighted by atomic mass is 79.9. The first-order valence-electron chi connectivity index (χ1n) is 10.0. The molecule has 1 aliphatic rings. The monoisotopic (exact) mass is 532 g/mol.